The average molecular weight is 370 g/mol. The van der Waals surface area contributed by atoms with Crippen molar-refractivity contribution >= 4 is 11.8 Å². The van der Waals surface area contributed by atoms with Crippen LogP contribution in [0.3, 0.4) is 0 Å². The van der Waals surface area contributed by atoms with Gasteiger partial charge in [0.2, 0.25) is 5.91 Å². The first-order chi connectivity index (χ1) is 12.2. The first-order valence-corrected chi connectivity index (χ1v) is 7.64. The van der Waals surface area contributed by atoms with E-state index in [0.717, 1.165) is 15.6 Å². The van der Waals surface area contributed by atoms with Crippen LogP contribution in [0, 0.1) is 5.82 Å². The van der Waals surface area contributed by atoms with Gasteiger partial charge in [-0.05, 0) is 17.7 Å². The van der Waals surface area contributed by atoms with Crippen LogP contribution < -0.4 is 5.32 Å². The highest BCUT2D eigenvalue weighted by atomic mass is 19.4. The third-order valence-electron chi connectivity index (χ3n) is 4.03. The van der Waals surface area contributed by atoms with Crippen LogP contribution in [0.5, 0.6) is 0 Å². The van der Waals surface area contributed by atoms with Crippen molar-refractivity contribution in [2.45, 2.75) is 12.2 Å². The van der Waals surface area contributed by atoms with Crippen molar-refractivity contribution in [3.63, 3.8) is 0 Å². The van der Waals surface area contributed by atoms with E-state index in [1.807, 2.05) is 0 Å². The number of piperazine rings is 1. The van der Waals surface area contributed by atoms with Crippen LogP contribution in [0.25, 0.3) is 0 Å². The molecule has 10 heteroatoms. The Hall–Kier alpha value is -2.91. The lowest BCUT2D eigenvalue weighted by atomic mass is 10.0. The average Bonchev–Trinajstić information content (AvgIpc) is 2.96. The molecule has 1 aliphatic heterocycles. The zero-order valence-corrected chi connectivity index (χ0v) is 13.5. The molecule has 0 radical (unpaired) electrons. The van der Waals surface area contributed by atoms with Gasteiger partial charge < -0.3 is 10.2 Å². The van der Waals surface area contributed by atoms with Crippen LogP contribution in [0.15, 0.2) is 30.3 Å². The summed E-state index contributed by atoms with van der Waals surface area (Å²) in [5, 5.41) is 5.89. The minimum atomic E-state index is -4.70. The summed E-state index contributed by atoms with van der Waals surface area (Å²) in [4.78, 5) is 26.2. The molecule has 1 N–H and O–H groups in total. The van der Waals surface area contributed by atoms with Gasteiger partial charge in [-0.2, -0.15) is 18.3 Å². The van der Waals surface area contributed by atoms with Crippen LogP contribution in [0.2, 0.25) is 0 Å². The van der Waals surface area contributed by atoms with Crippen molar-refractivity contribution < 1.29 is 27.2 Å². The van der Waals surface area contributed by atoms with Crippen LogP contribution in [0.1, 0.15) is 27.8 Å². The highest BCUT2D eigenvalue weighted by Crippen LogP contribution is 2.30. The summed E-state index contributed by atoms with van der Waals surface area (Å²) in [6.45, 7) is 0.207. The Morgan fingerprint density at radius 1 is 1.31 bits per heavy atom. The molecule has 1 fully saturated rings. The van der Waals surface area contributed by atoms with Crippen LogP contribution in [-0.4, -0.2) is 39.6 Å². The summed E-state index contributed by atoms with van der Waals surface area (Å²) in [6, 6.07) is 4.66. The lowest BCUT2D eigenvalue weighted by Gasteiger charge is -2.35. The van der Waals surface area contributed by atoms with Gasteiger partial charge in [0.25, 0.3) is 5.91 Å². The molecule has 6 nitrogen and oxygen atoms in total. The molecule has 1 aromatic heterocycles. The predicted molar refractivity (Wildman–Crippen MR) is 81.4 cm³/mol. The number of nitrogens with one attached hydrogen (secondary N) is 1. The zero-order chi connectivity index (χ0) is 19.1. The molecule has 2 aromatic rings. The molecule has 1 aromatic carbocycles. The molecule has 3 rings (SSSR count). The second-order valence-corrected chi connectivity index (χ2v) is 5.78. The number of carbonyl (C=O) groups excluding carboxylic acids is 2. The lowest BCUT2D eigenvalue weighted by Crippen LogP contribution is -2.52. The van der Waals surface area contributed by atoms with Gasteiger partial charge >= 0.3 is 6.18 Å². The number of alkyl halides is 3. The summed E-state index contributed by atoms with van der Waals surface area (Å²) < 4.78 is 52.8. The summed E-state index contributed by atoms with van der Waals surface area (Å²) in [5.41, 5.74) is -1.28. The molecule has 2 heterocycles. The van der Waals surface area contributed by atoms with E-state index in [4.69, 9.17) is 0 Å². The number of carbonyl (C=O) groups is 2. The van der Waals surface area contributed by atoms with E-state index in [0.29, 0.717) is 6.07 Å². The van der Waals surface area contributed by atoms with E-state index in [9.17, 15) is 27.2 Å². The molecule has 2 amide bonds. The molecule has 26 heavy (non-hydrogen) atoms. The van der Waals surface area contributed by atoms with Crippen LogP contribution >= 0.6 is 0 Å². The molecular weight excluding hydrogens is 356 g/mol. The number of halogens is 4. The normalized spacial score (nSPS) is 18.0. The van der Waals surface area contributed by atoms with Gasteiger partial charge in [0.15, 0.2) is 5.69 Å². The summed E-state index contributed by atoms with van der Waals surface area (Å²) >= 11 is 0. The second-order valence-electron chi connectivity index (χ2n) is 5.78. The fraction of sp³-hybridized carbons (Fsp3) is 0.312. The highest BCUT2D eigenvalue weighted by Gasteiger charge is 2.39. The van der Waals surface area contributed by atoms with E-state index in [2.05, 4.69) is 10.4 Å². The van der Waals surface area contributed by atoms with Gasteiger partial charge in [0.1, 0.15) is 17.6 Å². The maximum atomic E-state index is 13.5. The number of nitrogens with zero attached hydrogens (tertiary/aromatic N) is 3. The number of amides is 2. The number of benzene rings is 1. The SMILES string of the molecule is Cn1nc(C(F)(F)F)cc1C(=O)N1CCNC(=O)C1c1cccc(F)c1. The van der Waals surface area contributed by atoms with Gasteiger partial charge in [-0.3, -0.25) is 14.3 Å². The first kappa shape index (κ1) is 17.9. The minimum absolute atomic E-state index is 0.0677. The lowest BCUT2D eigenvalue weighted by molar-refractivity contribution is -0.141. The van der Waals surface area contributed by atoms with E-state index in [1.165, 1.54) is 25.2 Å². The van der Waals surface area contributed by atoms with Crippen molar-refractivity contribution in [3.05, 3.63) is 53.1 Å². The van der Waals surface area contributed by atoms with Gasteiger partial charge in [0, 0.05) is 26.2 Å². The summed E-state index contributed by atoms with van der Waals surface area (Å²) in [6.07, 6.45) is -4.70. The quantitative estimate of drug-likeness (QED) is 0.821. The molecule has 1 atom stereocenters. The Balaban J connectivity index is 1.99. The molecule has 0 bridgehead atoms. The van der Waals surface area contributed by atoms with Gasteiger partial charge in [-0.25, -0.2) is 4.39 Å². The van der Waals surface area contributed by atoms with Crippen molar-refractivity contribution in [1.29, 1.82) is 0 Å². The van der Waals surface area contributed by atoms with Crippen molar-refractivity contribution in [2.24, 2.45) is 7.05 Å². The third kappa shape index (κ3) is 3.26. The fourth-order valence-corrected chi connectivity index (χ4v) is 2.85. The fourth-order valence-electron chi connectivity index (χ4n) is 2.85. The first-order valence-electron chi connectivity index (χ1n) is 7.64. The van der Waals surface area contributed by atoms with Crippen LogP contribution in [-0.2, 0) is 18.0 Å². The van der Waals surface area contributed by atoms with Crippen molar-refractivity contribution in [2.75, 3.05) is 13.1 Å². The van der Waals surface area contributed by atoms with E-state index < -0.39 is 35.5 Å². The van der Waals surface area contributed by atoms with Crippen molar-refractivity contribution in [1.82, 2.24) is 20.0 Å². The second kappa shape index (κ2) is 6.43. The molecule has 1 unspecified atom stereocenters. The maximum absolute atomic E-state index is 13.5. The van der Waals surface area contributed by atoms with Gasteiger partial charge in [-0.1, -0.05) is 12.1 Å². The Morgan fingerprint density at radius 3 is 2.65 bits per heavy atom. The molecule has 1 saturated heterocycles. The Kier molecular flexibility index (Phi) is 4.43. The smallest absolute Gasteiger partial charge is 0.352 e. The number of hydrogen-bond acceptors (Lipinski definition) is 3. The minimum Gasteiger partial charge on any atom is -0.352 e. The van der Waals surface area contributed by atoms with Crippen molar-refractivity contribution in [3.8, 4) is 0 Å². The van der Waals surface area contributed by atoms with Crippen LogP contribution in [0.4, 0.5) is 17.6 Å². The summed E-state index contributed by atoms with van der Waals surface area (Å²) in [5.74, 6) is -1.92. The number of rotatable bonds is 2. The van der Waals surface area contributed by atoms with Gasteiger partial charge in [-0.15, -0.1) is 0 Å². The van der Waals surface area contributed by atoms with E-state index in [1.54, 1.807) is 0 Å². The highest BCUT2D eigenvalue weighted by molar-refractivity contribution is 5.97. The molecule has 0 aliphatic carbocycles. The zero-order valence-electron chi connectivity index (χ0n) is 13.5. The monoisotopic (exact) mass is 370 g/mol. The topological polar surface area (TPSA) is 67.2 Å². The largest absolute Gasteiger partial charge is 0.435 e. The molecular formula is C16H14F4N4O2. The standard InChI is InChI=1S/C16H14F4N4O2/c1-23-11(8-12(22-23)16(18,19)20)15(26)24-6-5-21-14(25)13(24)9-3-2-4-10(17)7-9/h2-4,7-8,13H,5-6H2,1H3,(H,21,25). The Morgan fingerprint density at radius 2 is 2.04 bits per heavy atom. The summed E-state index contributed by atoms with van der Waals surface area (Å²) in [7, 11) is 1.21. The molecule has 138 valence electrons. The Labute approximate surface area is 145 Å². The molecule has 0 saturated carbocycles. The Bertz CT molecular complexity index is 862. The molecule has 1 aliphatic rings. The number of hydrogen-bond donors (Lipinski definition) is 1. The maximum Gasteiger partial charge on any atom is 0.435 e. The van der Waals surface area contributed by atoms with E-state index in [-0.39, 0.29) is 24.3 Å². The molecule has 0 spiro atoms. The number of aromatic nitrogens is 2. The van der Waals surface area contributed by atoms with Gasteiger partial charge in [0.05, 0.1) is 0 Å². The van der Waals surface area contributed by atoms with E-state index >= 15 is 0 Å². The third-order valence-corrected chi connectivity index (χ3v) is 4.03. The predicted octanol–water partition coefficient (Wildman–Crippen LogP) is 1.89. The number of aryl methyl sites for hydroxylation is 1.